The molecule has 3 aromatic heterocycles. The Labute approximate surface area is 208 Å². The SMILES string of the molecule is CNc1cc(CNC(=O)c2cc3c(=O)n(CCOc4ccc(Br)cc4)c(=O)n(C)c3cn2)ccn1. The van der Waals surface area contributed by atoms with Crippen molar-refractivity contribution in [1.82, 2.24) is 24.4 Å². The summed E-state index contributed by atoms with van der Waals surface area (Å²) in [5.41, 5.74) is 0.280. The molecule has 4 rings (SSSR count). The lowest BCUT2D eigenvalue weighted by molar-refractivity contribution is 0.0946. The van der Waals surface area contributed by atoms with Crippen molar-refractivity contribution in [2.45, 2.75) is 13.1 Å². The molecule has 0 aliphatic heterocycles. The molecule has 0 atom stereocenters. The molecule has 0 spiro atoms. The second kappa shape index (κ2) is 10.5. The van der Waals surface area contributed by atoms with Gasteiger partial charge in [0.2, 0.25) is 0 Å². The van der Waals surface area contributed by atoms with Crippen LogP contribution in [0, 0.1) is 0 Å². The number of carbonyl (C=O) groups is 1. The number of hydrogen-bond donors (Lipinski definition) is 2. The largest absolute Gasteiger partial charge is 0.492 e. The molecule has 2 N–H and O–H groups in total. The Morgan fingerprint density at radius 1 is 1.11 bits per heavy atom. The third-order valence-electron chi connectivity index (χ3n) is 5.40. The van der Waals surface area contributed by atoms with Crippen molar-refractivity contribution in [3.05, 3.63) is 91.4 Å². The van der Waals surface area contributed by atoms with Crippen molar-refractivity contribution < 1.29 is 9.53 Å². The van der Waals surface area contributed by atoms with E-state index in [1.54, 1.807) is 38.5 Å². The fourth-order valence-corrected chi connectivity index (χ4v) is 3.77. The molecule has 4 aromatic rings. The Morgan fingerprint density at radius 2 is 1.89 bits per heavy atom. The van der Waals surface area contributed by atoms with E-state index in [4.69, 9.17) is 4.74 Å². The second-order valence-corrected chi connectivity index (χ2v) is 8.59. The first kappa shape index (κ1) is 24.1. The minimum absolute atomic E-state index is 0.0528. The molecule has 1 amide bonds. The first-order valence-electron chi connectivity index (χ1n) is 10.8. The lowest BCUT2D eigenvalue weighted by Crippen LogP contribution is -2.40. The molecule has 10 nitrogen and oxygen atoms in total. The van der Waals surface area contributed by atoms with Crippen molar-refractivity contribution >= 4 is 38.6 Å². The van der Waals surface area contributed by atoms with E-state index in [9.17, 15) is 14.4 Å². The Morgan fingerprint density at radius 3 is 2.63 bits per heavy atom. The maximum atomic E-state index is 13.1. The lowest BCUT2D eigenvalue weighted by Gasteiger charge is -2.12. The van der Waals surface area contributed by atoms with Crippen LogP contribution in [0.4, 0.5) is 5.82 Å². The first-order valence-corrected chi connectivity index (χ1v) is 11.6. The number of amides is 1. The maximum Gasteiger partial charge on any atom is 0.331 e. The van der Waals surface area contributed by atoms with E-state index in [-0.39, 0.29) is 30.8 Å². The summed E-state index contributed by atoms with van der Waals surface area (Å²) in [5, 5.41) is 5.95. The van der Waals surface area contributed by atoms with E-state index >= 15 is 0 Å². The van der Waals surface area contributed by atoms with Crippen molar-refractivity contribution in [1.29, 1.82) is 0 Å². The van der Waals surface area contributed by atoms with Gasteiger partial charge in [0.15, 0.2) is 0 Å². The van der Waals surface area contributed by atoms with Crippen LogP contribution < -0.4 is 26.6 Å². The molecule has 0 aliphatic rings. The highest BCUT2D eigenvalue weighted by Gasteiger charge is 2.15. The molecule has 0 bridgehead atoms. The number of nitrogens with zero attached hydrogens (tertiary/aromatic N) is 4. The molecule has 0 radical (unpaired) electrons. The standard InChI is InChI=1S/C24H23BrN6O4/c1-26-21-11-15(7-8-27-21)13-29-22(32)19-12-18-20(14-28-19)30(2)24(34)31(23(18)33)9-10-35-17-5-3-16(25)4-6-17/h3-8,11-12,14H,9-10,13H2,1-2H3,(H,26,27)(H,29,32). The van der Waals surface area contributed by atoms with Gasteiger partial charge < -0.3 is 15.4 Å². The summed E-state index contributed by atoms with van der Waals surface area (Å²) in [6.07, 6.45) is 3.01. The predicted molar refractivity (Wildman–Crippen MR) is 136 cm³/mol. The molecular formula is C24H23BrN6O4. The molecule has 0 aliphatic carbocycles. The van der Waals surface area contributed by atoms with Gasteiger partial charge in [-0.2, -0.15) is 0 Å². The summed E-state index contributed by atoms with van der Waals surface area (Å²) in [7, 11) is 3.32. The van der Waals surface area contributed by atoms with E-state index in [1.165, 1.54) is 16.8 Å². The molecule has 0 saturated carbocycles. The number of aryl methyl sites for hydroxylation is 1. The lowest BCUT2D eigenvalue weighted by atomic mass is 10.2. The van der Waals surface area contributed by atoms with Crippen LogP contribution in [0.3, 0.4) is 0 Å². The van der Waals surface area contributed by atoms with Crippen LogP contribution in [0.25, 0.3) is 10.9 Å². The van der Waals surface area contributed by atoms with Crippen LogP contribution in [0.15, 0.2) is 68.9 Å². The summed E-state index contributed by atoms with van der Waals surface area (Å²) in [6.45, 7) is 0.444. The highest BCUT2D eigenvalue weighted by atomic mass is 79.9. The van der Waals surface area contributed by atoms with Crippen molar-refractivity contribution in [3.63, 3.8) is 0 Å². The van der Waals surface area contributed by atoms with E-state index in [0.29, 0.717) is 17.1 Å². The van der Waals surface area contributed by atoms with Crippen molar-refractivity contribution in [2.75, 3.05) is 19.0 Å². The number of pyridine rings is 2. The second-order valence-electron chi connectivity index (χ2n) is 7.67. The van der Waals surface area contributed by atoms with E-state index in [2.05, 4.69) is 36.5 Å². The fourth-order valence-electron chi connectivity index (χ4n) is 3.50. The molecule has 3 heterocycles. The zero-order valence-electron chi connectivity index (χ0n) is 19.1. The summed E-state index contributed by atoms with van der Waals surface area (Å²) in [6, 6.07) is 12.3. The van der Waals surface area contributed by atoms with Crippen molar-refractivity contribution in [2.24, 2.45) is 7.05 Å². The first-order chi connectivity index (χ1) is 16.9. The number of carbonyl (C=O) groups excluding carboxylic acids is 1. The zero-order valence-corrected chi connectivity index (χ0v) is 20.7. The molecule has 180 valence electrons. The van der Waals surface area contributed by atoms with Crippen LogP contribution in [0.1, 0.15) is 16.1 Å². The smallest absolute Gasteiger partial charge is 0.331 e. The zero-order chi connectivity index (χ0) is 24.9. The van der Waals surface area contributed by atoms with Gasteiger partial charge >= 0.3 is 5.69 Å². The van der Waals surface area contributed by atoms with Crippen molar-refractivity contribution in [3.8, 4) is 5.75 Å². The molecular weight excluding hydrogens is 516 g/mol. The maximum absolute atomic E-state index is 13.1. The minimum atomic E-state index is -0.508. The number of aromatic nitrogens is 4. The van der Waals surface area contributed by atoms with Gasteiger partial charge in [-0.1, -0.05) is 15.9 Å². The van der Waals surface area contributed by atoms with Crippen LogP contribution in [-0.2, 0) is 20.1 Å². The number of benzene rings is 1. The van der Waals surface area contributed by atoms with Gasteiger partial charge in [0.1, 0.15) is 23.9 Å². The number of halogens is 1. The highest BCUT2D eigenvalue weighted by molar-refractivity contribution is 9.10. The number of anilines is 1. The van der Waals surface area contributed by atoms with Gasteiger partial charge in [0, 0.05) is 31.3 Å². The van der Waals surface area contributed by atoms with Gasteiger partial charge in [-0.3, -0.25) is 18.7 Å². The summed E-state index contributed by atoms with van der Waals surface area (Å²) in [5.74, 6) is 0.873. The Kier molecular flexibility index (Phi) is 7.25. The minimum Gasteiger partial charge on any atom is -0.492 e. The molecule has 0 saturated heterocycles. The Bertz CT molecular complexity index is 1500. The molecule has 35 heavy (non-hydrogen) atoms. The highest BCUT2D eigenvalue weighted by Crippen LogP contribution is 2.16. The molecule has 1 aromatic carbocycles. The van der Waals surface area contributed by atoms with E-state index in [0.717, 1.165) is 14.6 Å². The summed E-state index contributed by atoms with van der Waals surface area (Å²) >= 11 is 3.36. The average molecular weight is 539 g/mol. The third-order valence-corrected chi connectivity index (χ3v) is 5.93. The number of rotatable bonds is 8. The normalized spacial score (nSPS) is 10.8. The van der Waals surface area contributed by atoms with E-state index in [1.807, 2.05) is 18.2 Å². The predicted octanol–water partition coefficient (Wildman–Crippen LogP) is 2.30. The topological polar surface area (TPSA) is 120 Å². The Balaban J connectivity index is 1.54. The van der Waals surface area contributed by atoms with Crippen LogP contribution in [0.5, 0.6) is 5.75 Å². The van der Waals surface area contributed by atoms with Crippen LogP contribution in [-0.4, -0.2) is 38.7 Å². The monoisotopic (exact) mass is 538 g/mol. The van der Waals surface area contributed by atoms with Gasteiger partial charge in [0.05, 0.1) is 23.6 Å². The van der Waals surface area contributed by atoms with Crippen LogP contribution >= 0.6 is 15.9 Å². The van der Waals surface area contributed by atoms with Gasteiger partial charge in [-0.25, -0.2) is 14.8 Å². The fraction of sp³-hybridized carbons (Fsp3) is 0.208. The average Bonchev–Trinajstić information content (AvgIpc) is 2.88. The molecule has 0 fully saturated rings. The number of hydrogen-bond acceptors (Lipinski definition) is 7. The molecule has 11 heteroatoms. The molecule has 0 unspecified atom stereocenters. The number of ether oxygens (including phenoxy) is 1. The van der Waals surface area contributed by atoms with Gasteiger partial charge in [-0.05, 0) is 48.0 Å². The summed E-state index contributed by atoms with van der Waals surface area (Å²) in [4.78, 5) is 46.9. The number of fused-ring (bicyclic) bond motifs is 1. The summed E-state index contributed by atoms with van der Waals surface area (Å²) < 4.78 is 9.01. The quantitative estimate of drug-likeness (QED) is 0.353. The Hall–Kier alpha value is -3.99. The van der Waals surface area contributed by atoms with Crippen LogP contribution in [0.2, 0.25) is 0 Å². The third kappa shape index (κ3) is 5.40. The van der Waals surface area contributed by atoms with Gasteiger partial charge in [0.25, 0.3) is 11.5 Å². The van der Waals surface area contributed by atoms with E-state index < -0.39 is 17.2 Å². The number of nitrogens with one attached hydrogen (secondary N) is 2. The van der Waals surface area contributed by atoms with Gasteiger partial charge in [-0.15, -0.1) is 0 Å².